The number of fused-ring (bicyclic) bond motifs is 1. The van der Waals surface area contributed by atoms with Gasteiger partial charge in [-0.05, 0) is 57.9 Å². The third-order valence-corrected chi connectivity index (χ3v) is 7.08. The Bertz CT molecular complexity index is 1550. The summed E-state index contributed by atoms with van der Waals surface area (Å²) in [6, 6.07) is 13.6. The molecule has 5 heterocycles. The van der Waals surface area contributed by atoms with Gasteiger partial charge in [-0.1, -0.05) is 17.3 Å². The molecular formula is C28H29N7O2. The summed E-state index contributed by atoms with van der Waals surface area (Å²) in [5.74, 6) is 2.11. The van der Waals surface area contributed by atoms with Crippen LogP contribution in [0.5, 0.6) is 5.75 Å². The molecule has 0 atom stereocenters. The maximum atomic E-state index is 10.3. The van der Waals surface area contributed by atoms with E-state index < -0.39 is 0 Å². The van der Waals surface area contributed by atoms with Gasteiger partial charge >= 0.3 is 0 Å². The first-order valence-electron chi connectivity index (χ1n) is 12.7. The highest BCUT2D eigenvalue weighted by Gasteiger charge is 2.27. The number of aromatic nitrogens is 6. The maximum absolute atomic E-state index is 10.3. The molecule has 1 fully saturated rings. The summed E-state index contributed by atoms with van der Waals surface area (Å²) in [5.41, 5.74) is 6.17. The molecule has 9 heteroatoms. The van der Waals surface area contributed by atoms with E-state index in [0.717, 1.165) is 59.9 Å². The Balaban J connectivity index is 1.23. The lowest BCUT2D eigenvalue weighted by atomic mass is 9.93. The number of para-hydroxylation sites is 1. The topological polar surface area (TPSA) is 106 Å². The number of hydrogen-bond acceptors (Lipinski definition) is 8. The molecule has 0 unspecified atom stereocenters. The Morgan fingerprint density at radius 2 is 1.73 bits per heavy atom. The smallest absolute Gasteiger partial charge is 0.225 e. The molecule has 0 spiro atoms. The predicted octanol–water partition coefficient (Wildman–Crippen LogP) is 5.52. The van der Waals surface area contributed by atoms with Crippen molar-refractivity contribution in [1.82, 2.24) is 29.9 Å². The maximum Gasteiger partial charge on any atom is 0.225 e. The molecule has 0 aliphatic carbocycles. The molecule has 1 aromatic carbocycles. The summed E-state index contributed by atoms with van der Waals surface area (Å²) < 4.78 is 7.54. The van der Waals surface area contributed by atoms with Gasteiger partial charge in [-0.25, -0.2) is 9.97 Å². The first kappa shape index (κ1) is 23.1. The minimum atomic E-state index is 0.206. The number of rotatable bonds is 5. The van der Waals surface area contributed by atoms with Gasteiger partial charge in [0.25, 0.3) is 0 Å². The SMILES string of the molecule is Cc1cc(-c2cnc(N3CCC(c4cc5nnc(-c6ccccc6O)cc5n4C(C)C)CC3)nc2)no1. The highest BCUT2D eigenvalue weighted by molar-refractivity contribution is 5.82. The first-order valence-corrected chi connectivity index (χ1v) is 12.7. The van der Waals surface area contributed by atoms with E-state index in [1.165, 1.54) is 5.69 Å². The lowest BCUT2D eigenvalue weighted by Crippen LogP contribution is -2.34. The standard InChI is InChI=1S/C28H29N7O2/c1-17(2)35-25(14-24-26(35)13-23(31-32-24)21-6-4-5-7-27(21)36)19-8-10-34(11-9-19)28-29-15-20(16-30-28)22-12-18(3)37-33-22/h4-7,12-17,19,36H,8-11H2,1-3H3. The quantitative estimate of drug-likeness (QED) is 0.340. The van der Waals surface area contributed by atoms with E-state index in [1.807, 2.05) is 49.6 Å². The molecular weight excluding hydrogens is 466 g/mol. The number of nitrogens with zero attached hydrogens (tertiary/aromatic N) is 7. The molecule has 4 aromatic heterocycles. The van der Waals surface area contributed by atoms with Crippen LogP contribution in [0.15, 0.2) is 59.4 Å². The molecule has 0 bridgehead atoms. The Morgan fingerprint density at radius 3 is 2.41 bits per heavy atom. The normalized spacial score (nSPS) is 14.6. The Kier molecular flexibility index (Phi) is 5.82. The molecule has 5 aromatic rings. The number of aromatic hydroxyl groups is 1. The number of aryl methyl sites for hydroxylation is 1. The van der Waals surface area contributed by atoms with Crippen LogP contribution in [0.2, 0.25) is 0 Å². The zero-order valence-corrected chi connectivity index (χ0v) is 21.2. The van der Waals surface area contributed by atoms with Crippen molar-refractivity contribution >= 4 is 17.0 Å². The number of hydrogen-bond donors (Lipinski definition) is 1. The van der Waals surface area contributed by atoms with Crippen LogP contribution in [0.4, 0.5) is 5.95 Å². The molecule has 1 aliphatic heterocycles. The fourth-order valence-corrected chi connectivity index (χ4v) is 5.24. The second kappa shape index (κ2) is 9.31. The van der Waals surface area contributed by atoms with Crippen LogP contribution in [-0.2, 0) is 0 Å². The molecule has 37 heavy (non-hydrogen) atoms. The van der Waals surface area contributed by atoms with Crippen molar-refractivity contribution in [3.63, 3.8) is 0 Å². The molecule has 1 N–H and O–H groups in total. The molecule has 0 saturated carbocycles. The summed E-state index contributed by atoms with van der Waals surface area (Å²) >= 11 is 0. The third-order valence-electron chi connectivity index (χ3n) is 7.08. The minimum absolute atomic E-state index is 0.206. The highest BCUT2D eigenvalue weighted by atomic mass is 16.5. The van der Waals surface area contributed by atoms with Crippen molar-refractivity contribution in [3.05, 3.63) is 66.3 Å². The average molecular weight is 496 g/mol. The van der Waals surface area contributed by atoms with Gasteiger partial charge in [0.05, 0.1) is 11.2 Å². The number of phenols is 1. The van der Waals surface area contributed by atoms with Crippen molar-refractivity contribution in [2.45, 2.75) is 45.6 Å². The number of phenolic OH excluding ortho intramolecular Hbond substituents is 1. The van der Waals surface area contributed by atoms with Gasteiger partial charge in [-0.15, -0.1) is 10.2 Å². The van der Waals surface area contributed by atoms with Crippen molar-refractivity contribution < 1.29 is 9.63 Å². The largest absolute Gasteiger partial charge is 0.507 e. The number of benzene rings is 1. The van der Waals surface area contributed by atoms with Gasteiger partial charge in [-0.2, -0.15) is 0 Å². The zero-order valence-electron chi connectivity index (χ0n) is 21.2. The predicted molar refractivity (Wildman–Crippen MR) is 141 cm³/mol. The lowest BCUT2D eigenvalue weighted by Gasteiger charge is -2.33. The summed E-state index contributed by atoms with van der Waals surface area (Å²) in [6.45, 7) is 8.02. The van der Waals surface area contributed by atoms with Crippen molar-refractivity contribution in [3.8, 4) is 28.3 Å². The monoisotopic (exact) mass is 495 g/mol. The van der Waals surface area contributed by atoms with Crippen LogP contribution in [0, 0.1) is 6.92 Å². The van der Waals surface area contributed by atoms with E-state index >= 15 is 0 Å². The van der Waals surface area contributed by atoms with Gasteiger partial charge in [0, 0.05) is 60.3 Å². The summed E-state index contributed by atoms with van der Waals surface area (Å²) in [6.07, 6.45) is 5.61. The average Bonchev–Trinajstić information content (AvgIpc) is 3.52. The first-order chi connectivity index (χ1) is 18.0. The molecule has 0 amide bonds. The van der Waals surface area contributed by atoms with Crippen LogP contribution < -0.4 is 4.90 Å². The second-order valence-electron chi connectivity index (χ2n) is 9.91. The molecule has 1 saturated heterocycles. The molecule has 188 valence electrons. The second-order valence-corrected chi connectivity index (χ2v) is 9.91. The van der Waals surface area contributed by atoms with Crippen LogP contribution in [-0.4, -0.2) is 48.1 Å². The van der Waals surface area contributed by atoms with Crippen LogP contribution in [0.25, 0.3) is 33.5 Å². The molecule has 9 nitrogen and oxygen atoms in total. The van der Waals surface area contributed by atoms with Gasteiger partial charge in [0.2, 0.25) is 5.95 Å². The number of piperidine rings is 1. The fourth-order valence-electron chi connectivity index (χ4n) is 5.24. The van der Waals surface area contributed by atoms with Crippen LogP contribution in [0.3, 0.4) is 0 Å². The van der Waals surface area contributed by atoms with E-state index in [2.05, 4.69) is 54.7 Å². The summed E-state index contributed by atoms with van der Waals surface area (Å²) in [4.78, 5) is 11.4. The molecule has 6 rings (SSSR count). The van der Waals surface area contributed by atoms with E-state index in [4.69, 9.17) is 4.52 Å². The van der Waals surface area contributed by atoms with E-state index in [0.29, 0.717) is 17.2 Å². The van der Waals surface area contributed by atoms with Crippen molar-refractivity contribution in [2.75, 3.05) is 18.0 Å². The third kappa shape index (κ3) is 4.30. The Hall–Kier alpha value is -4.27. The van der Waals surface area contributed by atoms with Gasteiger partial charge in [-0.3, -0.25) is 0 Å². The van der Waals surface area contributed by atoms with Gasteiger partial charge in [0.15, 0.2) is 0 Å². The van der Waals surface area contributed by atoms with Crippen LogP contribution >= 0.6 is 0 Å². The van der Waals surface area contributed by atoms with E-state index in [1.54, 1.807) is 6.07 Å². The fraction of sp³-hybridized carbons (Fsp3) is 0.321. The highest BCUT2D eigenvalue weighted by Crippen LogP contribution is 2.36. The van der Waals surface area contributed by atoms with Gasteiger partial charge < -0.3 is 19.1 Å². The summed E-state index contributed by atoms with van der Waals surface area (Å²) in [7, 11) is 0. The van der Waals surface area contributed by atoms with Crippen molar-refractivity contribution in [2.24, 2.45) is 0 Å². The van der Waals surface area contributed by atoms with Gasteiger partial charge in [0.1, 0.15) is 22.7 Å². The van der Waals surface area contributed by atoms with E-state index in [9.17, 15) is 5.11 Å². The van der Waals surface area contributed by atoms with Crippen molar-refractivity contribution in [1.29, 1.82) is 0 Å². The molecule has 1 aliphatic rings. The Morgan fingerprint density at radius 1 is 0.973 bits per heavy atom. The number of anilines is 1. The summed E-state index contributed by atoms with van der Waals surface area (Å²) in [5, 5.41) is 23.3. The lowest BCUT2D eigenvalue weighted by molar-refractivity contribution is 0.399. The zero-order chi connectivity index (χ0) is 25.5. The van der Waals surface area contributed by atoms with Crippen LogP contribution in [0.1, 0.15) is 50.1 Å². The molecule has 0 radical (unpaired) electrons. The Labute approximate surface area is 214 Å². The minimum Gasteiger partial charge on any atom is -0.507 e. The van der Waals surface area contributed by atoms with E-state index in [-0.39, 0.29) is 11.8 Å².